The number of amidine groups is 1. The number of fused-ring (bicyclic) bond motifs is 7. The Bertz CT molecular complexity index is 2430. The predicted molar refractivity (Wildman–Crippen MR) is 191 cm³/mol. The summed E-state index contributed by atoms with van der Waals surface area (Å²) in [4.78, 5) is 10.3. The van der Waals surface area contributed by atoms with Crippen LogP contribution in [0, 0.1) is 0 Å². The molecule has 8 rings (SSSR count). The topological polar surface area (TPSA) is 34.6 Å². The van der Waals surface area contributed by atoms with Crippen LogP contribution in [0.25, 0.3) is 55.1 Å². The quantitative estimate of drug-likeness (QED) is 0.144. The van der Waals surface area contributed by atoms with E-state index < -0.39 is 0 Å². The van der Waals surface area contributed by atoms with Crippen LogP contribution < -0.4 is 0 Å². The lowest BCUT2D eigenvalue weighted by Crippen LogP contribution is -2.05. The summed E-state index contributed by atoms with van der Waals surface area (Å²) in [5.41, 5.74) is 8.44. The summed E-state index contributed by atoms with van der Waals surface area (Å²) in [6.07, 6.45) is 0. The first kappa shape index (κ1) is 26.6. The Labute approximate surface area is 261 Å². The summed E-state index contributed by atoms with van der Waals surface area (Å²) in [6, 6.07) is 52.5. The van der Waals surface area contributed by atoms with Crippen molar-refractivity contribution in [3.05, 3.63) is 169 Å². The maximum absolute atomic E-state index is 5.20. The maximum atomic E-state index is 5.20. The third-order valence-electron chi connectivity index (χ3n) is 8.47. The van der Waals surface area contributed by atoms with Gasteiger partial charge in [0.1, 0.15) is 5.82 Å². The summed E-state index contributed by atoms with van der Waals surface area (Å²) < 4.78 is 4.56. The van der Waals surface area contributed by atoms with Gasteiger partial charge in [0.25, 0.3) is 0 Å². The molecular weight excluding hydrogens is 548 g/mol. The van der Waals surface area contributed by atoms with Gasteiger partial charge in [-0.1, -0.05) is 128 Å². The molecule has 0 bridgehead atoms. The van der Waals surface area contributed by atoms with Crippen LogP contribution in [0.5, 0.6) is 0 Å². The predicted octanol–water partition coefficient (Wildman–Crippen LogP) is 10.3. The third-order valence-corrected chi connectivity index (χ3v) is 8.47. The number of aliphatic imine (C=N–C) groups is 2. The molecule has 4 nitrogen and oxygen atoms in total. The molecule has 0 saturated heterocycles. The van der Waals surface area contributed by atoms with E-state index in [0.717, 1.165) is 55.4 Å². The molecule has 0 unspecified atom stereocenters. The second kappa shape index (κ2) is 10.9. The highest BCUT2D eigenvalue weighted by atomic mass is 15.1. The Morgan fingerprint density at radius 1 is 0.511 bits per heavy atom. The lowest BCUT2D eigenvalue weighted by atomic mass is 10.1. The van der Waals surface area contributed by atoms with Gasteiger partial charge in [-0.15, -0.1) is 0 Å². The summed E-state index contributed by atoms with van der Waals surface area (Å²) in [5, 5.41) is 4.68. The molecule has 45 heavy (non-hydrogen) atoms. The summed E-state index contributed by atoms with van der Waals surface area (Å²) in [6.45, 7) is 6.62. The first-order valence-corrected chi connectivity index (χ1v) is 15.1. The van der Waals surface area contributed by atoms with Gasteiger partial charge in [0.05, 0.1) is 22.1 Å². The van der Waals surface area contributed by atoms with Crippen molar-refractivity contribution in [2.45, 2.75) is 6.92 Å². The van der Waals surface area contributed by atoms with E-state index >= 15 is 0 Å². The van der Waals surface area contributed by atoms with E-state index in [1.165, 1.54) is 10.8 Å². The molecule has 0 N–H and O–H groups in total. The van der Waals surface area contributed by atoms with Crippen molar-refractivity contribution in [3.8, 4) is 5.69 Å². The van der Waals surface area contributed by atoms with Gasteiger partial charge in [-0.25, -0.2) is 9.98 Å². The fourth-order valence-electron chi connectivity index (χ4n) is 6.45. The molecule has 6 aromatic carbocycles. The zero-order valence-electron chi connectivity index (χ0n) is 24.9. The molecule has 2 aromatic heterocycles. The highest BCUT2D eigenvalue weighted by Gasteiger charge is 2.21. The van der Waals surface area contributed by atoms with E-state index in [-0.39, 0.29) is 0 Å². The molecule has 0 aliphatic heterocycles. The molecule has 0 saturated carbocycles. The molecule has 0 radical (unpaired) electrons. The Hall–Kier alpha value is -6.00. The van der Waals surface area contributed by atoms with Gasteiger partial charge in [-0.2, -0.15) is 0 Å². The number of nitrogens with zero attached hydrogens (tertiary/aromatic N) is 4. The molecule has 214 valence electrons. The number of para-hydroxylation sites is 3. The highest BCUT2D eigenvalue weighted by molar-refractivity contribution is 6.26. The number of aromatic nitrogens is 2. The monoisotopic (exact) mass is 578 g/mol. The molecule has 0 aliphatic rings. The lowest BCUT2D eigenvalue weighted by Gasteiger charge is -2.11. The van der Waals surface area contributed by atoms with Crippen molar-refractivity contribution in [1.29, 1.82) is 0 Å². The zero-order chi connectivity index (χ0) is 30.3. The van der Waals surface area contributed by atoms with Gasteiger partial charge < -0.3 is 4.57 Å². The second-order valence-corrected chi connectivity index (χ2v) is 11.2. The molecular formula is C41H30N4. The molecule has 0 spiro atoms. The summed E-state index contributed by atoms with van der Waals surface area (Å²) in [5.74, 6) is 1.22. The van der Waals surface area contributed by atoms with E-state index in [1.54, 1.807) is 0 Å². The minimum absolute atomic E-state index is 0.605. The van der Waals surface area contributed by atoms with Crippen molar-refractivity contribution in [2.24, 2.45) is 9.98 Å². The van der Waals surface area contributed by atoms with Crippen molar-refractivity contribution >= 4 is 61.0 Å². The van der Waals surface area contributed by atoms with Gasteiger partial charge in [0.15, 0.2) is 5.84 Å². The van der Waals surface area contributed by atoms with Crippen LogP contribution in [0.3, 0.4) is 0 Å². The van der Waals surface area contributed by atoms with Crippen LogP contribution in [0.15, 0.2) is 168 Å². The van der Waals surface area contributed by atoms with Crippen molar-refractivity contribution < 1.29 is 0 Å². The second-order valence-electron chi connectivity index (χ2n) is 11.2. The van der Waals surface area contributed by atoms with E-state index in [1.807, 2.05) is 55.5 Å². The van der Waals surface area contributed by atoms with Gasteiger partial charge in [-0.3, -0.25) is 4.57 Å². The van der Waals surface area contributed by atoms with Crippen LogP contribution >= 0.6 is 0 Å². The van der Waals surface area contributed by atoms with Crippen LogP contribution in [0.1, 0.15) is 18.1 Å². The molecule has 0 aliphatic carbocycles. The van der Waals surface area contributed by atoms with Crippen molar-refractivity contribution in [2.75, 3.05) is 0 Å². The first-order valence-electron chi connectivity index (χ1n) is 15.1. The van der Waals surface area contributed by atoms with Crippen LogP contribution in [-0.4, -0.2) is 20.7 Å². The Morgan fingerprint density at radius 2 is 1.09 bits per heavy atom. The molecule has 2 heterocycles. The highest BCUT2D eigenvalue weighted by Crippen LogP contribution is 2.41. The smallest absolute Gasteiger partial charge is 0.161 e. The fraction of sp³-hybridized carbons (Fsp3) is 0.0244. The Morgan fingerprint density at radius 3 is 1.80 bits per heavy atom. The van der Waals surface area contributed by atoms with E-state index in [0.29, 0.717) is 11.7 Å². The van der Waals surface area contributed by atoms with Crippen molar-refractivity contribution in [3.63, 3.8) is 0 Å². The van der Waals surface area contributed by atoms with Crippen LogP contribution in [-0.2, 0) is 0 Å². The average molecular weight is 579 g/mol. The molecule has 4 heteroatoms. The minimum atomic E-state index is 0.605. The van der Waals surface area contributed by atoms with Crippen molar-refractivity contribution in [1.82, 2.24) is 9.13 Å². The number of hydrogen-bond acceptors (Lipinski definition) is 1. The minimum Gasteiger partial charge on any atom is -0.309 e. The molecule has 0 fully saturated rings. The normalized spacial score (nSPS) is 12.5. The zero-order valence-corrected chi connectivity index (χ0v) is 24.9. The van der Waals surface area contributed by atoms with Crippen LogP contribution in [0.2, 0.25) is 0 Å². The average Bonchev–Trinajstić information content (AvgIpc) is 3.62. The van der Waals surface area contributed by atoms with Crippen LogP contribution in [0.4, 0.5) is 0 Å². The van der Waals surface area contributed by atoms with E-state index in [2.05, 4.69) is 119 Å². The fourth-order valence-corrected chi connectivity index (χ4v) is 6.45. The van der Waals surface area contributed by atoms with E-state index in [9.17, 15) is 0 Å². The first-order chi connectivity index (χ1) is 22.2. The van der Waals surface area contributed by atoms with Gasteiger partial charge in [-0.05, 0) is 42.8 Å². The SMILES string of the molecule is C=C(N=C(N=C(C)c1ccccc1)c1ccccc1)n1c2ccccc2c2ccc3c(c4ccccc4n3-c3ccccc3)c21. The standard InChI is InChI=1S/C41H30N4/c1-28(30-16-6-3-7-17-30)42-41(31-18-8-4-9-19-31)43-29(2)44-36-24-14-12-22-33(36)34-26-27-38-39(40(34)44)35-23-13-15-25-37(35)45(38)32-20-10-5-11-21-32/h3-27H,2H2,1H3. The van der Waals surface area contributed by atoms with Gasteiger partial charge in [0.2, 0.25) is 0 Å². The van der Waals surface area contributed by atoms with Gasteiger partial charge in [0, 0.05) is 38.5 Å². The molecule has 0 amide bonds. The third kappa shape index (κ3) is 4.47. The Kier molecular flexibility index (Phi) is 6.46. The maximum Gasteiger partial charge on any atom is 0.161 e. The Balaban J connectivity index is 1.44. The van der Waals surface area contributed by atoms with E-state index in [4.69, 9.17) is 9.98 Å². The van der Waals surface area contributed by atoms with Gasteiger partial charge >= 0.3 is 0 Å². The summed E-state index contributed by atoms with van der Waals surface area (Å²) >= 11 is 0. The lowest BCUT2D eigenvalue weighted by molar-refractivity contribution is 1.17. The molecule has 0 atom stereocenters. The number of hydrogen-bond donors (Lipinski definition) is 0. The summed E-state index contributed by atoms with van der Waals surface area (Å²) in [7, 11) is 0. The number of rotatable bonds is 5. The molecule has 8 aromatic rings. The number of benzene rings is 6. The largest absolute Gasteiger partial charge is 0.309 e.